The van der Waals surface area contributed by atoms with Crippen LogP contribution < -0.4 is 34.3 Å². The Morgan fingerprint density at radius 3 is 2.21 bits per heavy atom. The van der Waals surface area contributed by atoms with Crippen molar-refractivity contribution in [1.82, 2.24) is 5.32 Å². The van der Waals surface area contributed by atoms with E-state index in [-0.39, 0.29) is 24.0 Å². The van der Waals surface area contributed by atoms with Gasteiger partial charge in [0, 0.05) is 40.6 Å². The number of hydrogen-bond donors (Lipinski definition) is 2. The Balaban J connectivity index is 1.60. The van der Waals surface area contributed by atoms with Gasteiger partial charge >= 0.3 is 0 Å². The molecule has 0 saturated heterocycles. The molecule has 5 rings (SSSR count). The smallest absolute Gasteiger partial charge is 0.254 e. The van der Waals surface area contributed by atoms with Crippen molar-refractivity contribution in [2.24, 2.45) is 0 Å². The van der Waals surface area contributed by atoms with Crippen LogP contribution in [0.1, 0.15) is 42.7 Å². The molecular weight excluding hydrogens is 548 g/mol. The van der Waals surface area contributed by atoms with Gasteiger partial charge < -0.3 is 34.3 Å². The van der Waals surface area contributed by atoms with Gasteiger partial charge in [-0.15, -0.1) is 0 Å². The van der Waals surface area contributed by atoms with E-state index >= 15 is 0 Å². The van der Waals surface area contributed by atoms with Crippen molar-refractivity contribution in [1.29, 1.82) is 0 Å². The van der Waals surface area contributed by atoms with Crippen LogP contribution in [0, 0.1) is 0 Å². The average molecular weight is 585 g/mol. The lowest BCUT2D eigenvalue weighted by molar-refractivity contribution is -0.116. The van der Waals surface area contributed by atoms with Crippen LogP contribution in [0.5, 0.6) is 28.7 Å². The highest BCUT2D eigenvalue weighted by Crippen LogP contribution is 2.49. The Labute approximate surface area is 251 Å². The number of ketones is 1. The number of dihydropyridines is 1. The molecular formula is C34H36N2O7. The lowest BCUT2D eigenvalue weighted by atomic mass is 9.71. The van der Waals surface area contributed by atoms with Crippen LogP contribution in [0.25, 0.3) is 0 Å². The van der Waals surface area contributed by atoms with E-state index in [1.165, 1.54) is 0 Å². The highest BCUT2D eigenvalue weighted by molar-refractivity contribution is 6.10. The molecule has 43 heavy (non-hydrogen) atoms. The molecule has 2 aliphatic rings. The highest BCUT2D eigenvalue weighted by Gasteiger charge is 2.42. The lowest BCUT2D eigenvalue weighted by Crippen LogP contribution is -2.37. The Bertz CT molecular complexity index is 1620. The standard InChI is InChI=1S/C34H36N2O7/c1-19-31(34(38)36-24-9-7-8-10-27(24)40-3)32(23-13-12-22(39-2)18-29(23)42-5)33-25(35-19)15-21(16-26(33)37)20-11-14-28(41-4)30(17-20)43-6/h7-14,17-18,21,32,35H,15-16H2,1-6H3,(H,36,38)/t21-,32-/m1/s1. The van der Waals surface area contributed by atoms with Gasteiger partial charge in [-0.1, -0.05) is 24.3 Å². The molecule has 224 valence electrons. The number of carbonyl (C=O) groups is 2. The van der Waals surface area contributed by atoms with E-state index < -0.39 is 5.92 Å². The SMILES string of the molecule is COc1ccc([C@@H]2C(C(=O)Nc3ccccc3OC)=C(C)NC3=C2C(=O)C[C@H](c2ccc(OC)c(OC)c2)C3)c(OC)c1. The van der Waals surface area contributed by atoms with Crippen molar-refractivity contribution in [3.8, 4) is 28.7 Å². The molecule has 0 saturated carbocycles. The summed E-state index contributed by atoms with van der Waals surface area (Å²) in [7, 11) is 7.88. The number of rotatable bonds is 9. The number of para-hydroxylation sites is 2. The second-order valence-corrected chi connectivity index (χ2v) is 10.4. The number of hydrogen-bond acceptors (Lipinski definition) is 8. The van der Waals surface area contributed by atoms with Crippen LogP contribution in [-0.4, -0.2) is 47.2 Å². The van der Waals surface area contributed by atoms with Crippen molar-refractivity contribution in [2.75, 3.05) is 40.9 Å². The first-order valence-electron chi connectivity index (χ1n) is 14.0. The fourth-order valence-corrected chi connectivity index (χ4v) is 5.99. The molecule has 0 unspecified atom stereocenters. The monoisotopic (exact) mass is 584 g/mol. The zero-order valence-electron chi connectivity index (χ0n) is 25.2. The number of Topliss-reactive ketones (excluding diaryl/α,β-unsaturated/α-hetero) is 1. The van der Waals surface area contributed by atoms with Crippen LogP contribution in [0.4, 0.5) is 5.69 Å². The van der Waals surface area contributed by atoms with Gasteiger partial charge in [-0.25, -0.2) is 0 Å². The zero-order valence-corrected chi connectivity index (χ0v) is 25.2. The number of methoxy groups -OCH3 is 5. The second kappa shape index (κ2) is 12.5. The van der Waals surface area contributed by atoms with Crippen LogP contribution in [-0.2, 0) is 9.59 Å². The number of ether oxygens (including phenoxy) is 5. The molecule has 9 heteroatoms. The molecule has 0 fully saturated rings. The highest BCUT2D eigenvalue weighted by atomic mass is 16.5. The first-order valence-corrected chi connectivity index (χ1v) is 14.0. The molecule has 9 nitrogen and oxygen atoms in total. The Kier molecular flexibility index (Phi) is 8.61. The molecule has 0 aromatic heterocycles. The predicted octanol–water partition coefficient (Wildman–Crippen LogP) is 5.73. The Morgan fingerprint density at radius 1 is 0.791 bits per heavy atom. The topological polar surface area (TPSA) is 104 Å². The van der Waals surface area contributed by atoms with Gasteiger partial charge in [0.05, 0.1) is 47.2 Å². The number of benzene rings is 3. The van der Waals surface area contributed by atoms with Crippen molar-refractivity contribution >= 4 is 17.4 Å². The summed E-state index contributed by atoms with van der Waals surface area (Å²) >= 11 is 0. The van der Waals surface area contributed by atoms with Crippen LogP contribution in [0.3, 0.4) is 0 Å². The number of carbonyl (C=O) groups excluding carboxylic acids is 2. The van der Waals surface area contributed by atoms with E-state index in [2.05, 4.69) is 10.6 Å². The van der Waals surface area contributed by atoms with Crippen LogP contribution >= 0.6 is 0 Å². The number of amides is 1. The van der Waals surface area contributed by atoms with Crippen molar-refractivity contribution in [3.05, 3.63) is 94.3 Å². The van der Waals surface area contributed by atoms with E-state index in [9.17, 15) is 9.59 Å². The lowest BCUT2D eigenvalue weighted by Gasteiger charge is -2.37. The summed E-state index contributed by atoms with van der Waals surface area (Å²) in [6.45, 7) is 1.86. The number of anilines is 1. The minimum Gasteiger partial charge on any atom is -0.497 e. The van der Waals surface area contributed by atoms with Crippen molar-refractivity contribution in [3.63, 3.8) is 0 Å². The first kappa shape index (κ1) is 29.6. The Morgan fingerprint density at radius 2 is 1.51 bits per heavy atom. The fraction of sp³-hybridized carbons (Fsp3) is 0.294. The summed E-state index contributed by atoms with van der Waals surface area (Å²) in [4.78, 5) is 28.2. The van der Waals surface area contributed by atoms with Gasteiger partial charge in [-0.3, -0.25) is 9.59 Å². The van der Waals surface area contributed by atoms with Gasteiger partial charge in [0.25, 0.3) is 5.91 Å². The summed E-state index contributed by atoms with van der Waals surface area (Å²) in [5, 5.41) is 6.43. The molecule has 1 amide bonds. The maximum absolute atomic E-state index is 14.1. The molecule has 3 aromatic carbocycles. The minimum atomic E-state index is -0.675. The fourth-order valence-electron chi connectivity index (χ4n) is 5.99. The van der Waals surface area contributed by atoms with Gasteiger partial charge in [-0.05, 0) is 55.2 Å². The summed E-state index contributed by atoms with van der Waals surface area (Å²) in [6.07, 6.45) is 0.843. The average Bonchev–Trinajstić information content (AvgIpc) is 3.03. The molecule has 0 bridgehead atoms. The van der Waals surface area contributed by atoms with E-state index in [1.54, 1.807) is 53.7 Å². The van der Waals surface area contributed by atoms with Gasteiger partial charge in [0.1, 0.15) is 17.2 Å². The van der Waals surface area contributed by atoms with Crippen LogP contribution in [0.2, 0.25) is 0 Å². The van der Waals surface area contributed by atoms with Gasteiger partial charge in [0.2, 0.25) is 0 Å². The maximum Gasteiger partial charge on any atom is 0.254 e. The summed E-state index contributed by atoms with van der Waals surface area (Å²) in [6, 6.07) is 18.4. The summed E-state index contributed by atoms with van der Waals surface area (Å²) < 4.78 is 27.6. The molecule has 1 aliphatic heterocycles. The molecule has 3 aromatic rings. The van der Waals surface area contributed by atoms with E-state index in [1.807, 2.05) is 49.4 Å². The molecule has 1 heterocycles. The Hall–Kier alpha value is -4.92. The zero-order chi connectivity index (χ0) is 30.7. The molecule has 2 atom stereocenters. The largest absolute Gasteiger partial charge is 0.497 e. The molecule has 0 spiro atoms. The molecule has 2 N–H and O–H groups in total. The summed E-state index contributed by atoms with van der Waals surface area (Å²) in [5.74, 6) is 1.72. The summed E-state index contributed by atoms with van der Waals surface area (Å²) in [5.41, 5.74) is 4.60. The minimum absolute atomic E-state index is 0.0495. The predicted molar refractivity (Wildman–Crippen MR) is 163 cm³/mol. The van der Waals surface area contributed by atoms with Crippen molar-refractivity contribution in [2.45, 2.75) is 31.6 Å². The third kappa shape index (κ3) is 5.62. The second-order valence-electron chi connectivity index (χ2n) is 10.4. The molecule has 1 aliphatic carbocycles. The van der Waals surface area contributed by atoms with E-state index in [0.717, 1.165) is 11.3 Å². The normalized spacial score (nSPS) is 18.0. The quantitative estimate of drug-likeness (QED) is 0.329. The van der Waals surface area contributed by atoms with Gasteiger partial charge in [-0.2, -0.15) is 0 Å². The third-order valence-corrected chi connectivity index (χ3v) is 8.06. The number of allylic oxidation sites excluding steroid dienone is 3. The van der Waals surface area contributed by atoms with Crippen LogP contribution in [0.15, 0.2) is 83.2 Å². The molecule has 0 radical (unpaired) electrons. The van der Waals surface area contributed by atoms with E-state index in [0.29, 0.717) is 63.3 Å². The first-order chi connectivity index (χ1) is 20.8. The maximum atomic E-state index is 14.1. The van der Waals surface area contributed by atoms with Gasteiger partial charge in [0.15, 0.2) is 17.3 Å². The van der Waals surface area contributed by atoms with Crippen molar-refractivity contribution < 1.29 is 33.3 Å². The third-order valence-electron chi connectivity index (χ3n) is 8.06. The number of nitrogens with one attached hydrogen (secondary N) is 2. The van der Waals surface area contributed by atoms with E-state index in [4.69, 9.17) is 23.7 Å².